The van der Waals surface area contributed by atoms with Gasteiger partial charge in [-0.25, -0.2) is 4.39 Å². The fourth-order valence-corrected chi connectivity index (χ4v) is 1.96. The summed E-state index contributed by atoms with van der Waals surface area (Å²) in [4.78, 5) is 24.3. The molecule has 0 aliphatic rings. The Kier molecular flexibility index (Phi) is 5.47. The number of hydrogen-bond donors (Lipinski definition) is 1. The van der Waals surface area contributed by atoms with Crippen molar-refractivity contribution >= 4 is 17.6 Å². The molecule has 116 valence electrons. The summed E-state index contributed by atoms with van der Waals surface area (Å²) in [5.74, 6) is -2.43. The van der Waals surface area contributed by atoms with Crippen LogP contribution in [0, 0.1) is 24.1 Å². The molecule has 0 saturated carbocycles. The molecule has 5 heteroatoms. The van der Waals surface area contributed by atoms with E-state index in [2.05, 4.69) is 5.32 Å². The first kappa shape index (κ1) is 17.1. The van der Waals surface area contributed by atoms with Crippen molar-refractivity contribution in [2.45, 2.75) is 34.6 Å². The van der Waals surface area contributed by atoms with E-state index >= 15 is 0 Å². The lowest BCUT2D eigenvalue weighted by Gasteiger charge is -2.27. The van der Waals surface area contributed by atoms with Gasteiger partial charge in [0.2, 0.25) is 5.91 Å². The smallest absolute Gasteiger partial charge is 0.319 e. The Morgan fingerprint density at radius 1 is 1.33 bits per heavy atom. The third-order valence-electron chi connectivity index (χ3n) is 3.09. The molecule has 1 unspecified atom stereocenters. The van der Waals surface area contributed by atoms with Crippen LogP contribution in [0.15, 0.2) is 18.2 Å². The van der Waals surface area contributed by atoms with Crippen molar-refractivity contribution in [3.63, 3.8) is 0 Å². The second-order valence-electron chi connectivity index (χ2n) is 6.00. The van der Waals surface area contributed by atoms with Crippen molar-refractivity contribution in [1.29, 1.82) is 0 Å². The monoisotopic (exact) mass is 295 g/mol. The molecular formula is C16H22FNO3. The molecule has 0 aliphatic heterocycles. The van der Waals surface area contributed by atoms with E-state index in [1.165, 1.54) is 6.07 Å². The molecule has 0 saturated heterocycles. The second kappa shape index (κ2) is 6.70. The van der Waals surface area contributed by atoms with E-state index in [9.17, 15) is 14.0 Å². The number of benzene rings is 1. The lowest BCUT2D eigenvalue weighted by molar-refractivity contribution is -0.155. The van der Waals surface area contributed by atoms with E-state index in [-0.39, 0.29) is 6.61 Å². The molecule has 0 bridgehead atoms. The fourth-order valence-electron chi connectivity index (χ4n) is 1.96. The van der Waals surface area contributed by atoms with Crippen molar-refractivity contribution in [3.8, 4) is 0 Å². The van der Waals surface area contributed by atoms with Crippen molar-refractivity contribution in [2.75, 3.05) is 11.9 Å². The molecule has 1 aromatic rings. The van der Waals surface area contributed by atoms with E-state index in [1.54, 1.807) is 46.8 Å². The maximum atomic E-state index is 13.5. The molecule has 0 heterocycles. The summed E-state index contributed by atoms with van der Waals surface area (Å²) in [7, 11) is 0. The minimum atomic E-state index is -0.957. The third-order valence-corrected chi connectivity index (χ3v) is 3.09. The largest absolute Gasteiger partial charge is 0.465 e. The van der Waals surface area contributed by atoms with Crippen LogP contribution in [0.5, 0.6) is 0 Å². The highest BCUT2D eigenvalue weighted by Gasteiger charge is 2.38. The Bertz CT molecular complexity index is 535. The van der Waals surface area contributed by atoms with E-state index in [0.717, 1.165) is 0 Å². The average molecular weight is 295 g/mol. The van der Waals surface area contributed by atoms with Gasteiger partial charge < -0.3 is 10.1 Å². The number of amides is 1. The van der Waals surface area contributed by atoms with Gasteiger partial charge in [-0.1, -0.05) is 26.8 Å². The number of carbonyl (C=O) groups is 2. The van der Waals surface area contributed by atoms with Crippen LogP contribution in [0.25, 0.3) is 0 Å². The number of anilines is 1. The highest BCUT2D eigenvalue weighted by Crippen LogP contribution is 2.28. The quantitative estimate of drug-likeness (QED) is 0.685. The predicted molar refractivity (Wildman–Crippen MR) is 79.3 cm³/mol. The first-order chi connectivity index (χ1) is 9.66. The second-order valence-corrected chi connectivity index (χ2v) is 6.00. The van der Waals surface area contributed by atoms with Crippen molar-refractivity contribution in [3.05, 3.63) is 29.6 Å². The Morgan fingerprint density at radius 2 is 1.95 bits per heavy atom. The van der Waals surface area contributed by atoms with Gasteiger partial charge in [0, 0.05) is 5.69 Å². The number of rotatable bonds is 4. The molecule has 1 rings (SSSR count). The SMILES string of the molecule is CCOC(=O)C(C(=O)Nc1ccc(C)c(F)c1)C(C)(C)C. The number of ether oxygens (including phenoxy) is 1. The average Bonchev–Trinajstić information content (AvgIpc) is 2.32. The molecule has 1 aromatic carbocycles. The van der Waals surface area contributed by atoms with Crippen molar-refractivity contribution in [2.24, 2.45) is 11.3 Å². The first-order valence-corrected chi connectivity index (χ1v) is 6.90. The first-order valence-electron chi connectivity index (χ1n) is 6.90. The Morgan fingerprint density at radius 3 is 2.43 bits per heavy atom. The van der Waals surface area contributed by atoms with Gasteiger partial charge in [-0.2, -0.15) is 0 Å². The van der Waals surface area contributed by atoms with E-state index in [4.69, 9.17) is 4.74 Å². The van der Waals surface area contributed by atoms with Gasteiger partial charge in [0.1, 0.15) is 11.7 Å². The number of carbonyl (C=O) groups excluding carboxylic acids is 2. The molecule has 0 aromatic heterocycles. The fraction of sp³-hybridized carbons (Fsp3) is 0.500. The lowest BCUT2D eigenvalue weighted by Crippen LogP contribution is -2.40. The molecule has 4 nitrogen and oxygen atoms in total. The topological polar surface area (TPSA) is 55.4 Å². The number of nitrogens with one attached hydrogen (secondary N) is 1. The standard InChI is InChI=1S/C16H22FNO3/c1-6-21-15(20)13(16(3,4)5)14(19)18-11-8-7-10(2)12(17)9-11/h7-9,13H,6H2,1-5H3,(H,18,19). The number of esters is 1. The summed E-state index contributed by atoms with van der Waals surface area (Å²) >= 11 is 0. The van der Waals surface area contributed by atoms with Crippen molar-refractivity contribution < 1.29 is 18.7 Å². The van der Waals surface area contributed by atoms with Crippen LogP contribution in [-0.2, 0) is 14.3 Å². The van der Waals surface area contributed by atoms with Crippen LogP contribution in [0.2, 0.25) is 0 Å². The van der Waals surface area contributed by atoms with Crippen LogP contribution < -0.4 is 5.32 Å². The van der Waals surface area contributed by atoms with Crippen molar-refractivity contribution in [1.82, 2.24) is 0 Å². The summed E-state index contributed by atoms with van der Waals surface area (Å²) in [5.41, 5.74) is 0.215. The summed E-state index contributed by atoms with van der Waals surface area (Å²) in [6.07, 6.45) is 0. The van der Waals surface area contributed by atoms with Gasteiger partial charge in [0.05, 0.1) is 6.61 Å². The Labute approximate surface area is 124 Å². The molecule has 1 atom stereocenters. The van der Waals surface area contributed by atoms with Crippen LogP contribution in [0.3, 0.4) is 0 Å². The maximum absolute atomic E-state index is 13.5. The van der Waals surface area contributed by atoms with Crippen LogP contribution in [0.1, 0.15) is 33.3 Å². The normalized spacial score (nSPS) is 12.7. The van der Waals surface area contributed by atoms with Gasteiger partial charge in [0.15, 0.2) is 0 Å². The minimum Gasteiger partial charge on any atom is -0.465 e. The molecule has 1 amide bonds. The molecular weight excluding hydrogens is 273 g/mol. The van der Waals surface area contributed by atoms with Gasteiger partial charge in [-0.05, 0) is 37.0 Å². The molecule has 1 N–H and O–H groups in total. The van der Waals surface area contributed by atoms with E-state index in [1.807, 2.05) is 0 Å². The van der Waals surface area contributed by atoms with Crippen LogP contribution >= 0.6 is 0 Å². The highest BCUT2D eigenvalue weighted by molar-refractivity contribution is 6.05. The zero-order chi connectivity index (χ0) is 16.2. The molecule has 0 fully saturated rings. The number of aryl methyl sites for hydroxylation is 1. The Hall–Kier alpha value is -1.91. The highest BCUT2D eigenvalue weighted by atomic mass is 19.1. The van der Waals surface area contributed by atoms with Crippen LogP contribution in [-0.4, -0.2) is 18.5 Å². The van der Waals surface area contributed by atoms with E-state index < -0.39 is 29.0 Å². The van der Waals surface area contributed by atoms with E-state index in [0.29, 0.717) is 11.3 Å². The third kappa shape index (κ3) is 4.55. The molecule has 0 spiro atoms. The summed E-state index contributed by atoms with van der Waals surface area (Å²) in [5, 5.41) is 2.58. The maximum Gasteiger partial charge on any atom is 0.319 e. The number of hydrogen-bond acceptors (Lipinski definition) is 3. The van der Waals surface area contributed by atoms with Gasteiger partial charge in [0.25, 0.3) is 0 Å². The molecule has 0 aliphatic carbocycles. The molecule has 21 heavy (non-hydrogen) atoms. The van der Waals surface area contributed by atoms with Gasteiger partial charge in [-0.15, -0.1) is 0 Å². The zero-order valence-electron chi connectivity index (χ0n) is 13.1. The number of halogens is 1. The summed E-state index contributed by atoms with van der Waals surface area (Å²) in [6, 6.07) is 4.40. The lowest BCUT2D eigenvalue weighted by atomic mass is 9.80. The summed E-state index contributed by atoms with van der Waals surface area (Å²) in [6.45, 7) is 8.87. The summed E-state index contributed by atoms with van der Waals surface area (Å²) < 4.78 is 18.5. The predicted octanol–water partition coefficient (Wildman–Crippen LogP) is 3.30. The Balaban J connectivity index is 2.96. The molecule has 0 radical (unpaired) electrons. The minimum absolute atomic E-state index is 0.206. The van der Waals surface area contributed by atoms with Crippen LogP contribution in [0.4, 0.5) is 10.1 Å². The van der Waals surface area contributed by atoms with Gasteiger partial charge >= 0.3 is 5.97 Å². The zero-order valence-corrected chi connectivity index (χ0v) is 13.1. The van der Waals surface area contributed by atoms with Gasteiger partial charge in [-0.3, -0.25) is 9.59 Å².